The molecule has 2 atom stereocenters. The van der Waals surface area contributed by atoms with Gasteiger partial charge >= 0.3 is 0 Å². The van der Waals surface area contributed by atoms with Crippen molar-refractivity contribution in [2.75, 3.05) is 6.54 Å². The maximum Gasteiger partial charge on any atom is 0.236 e. The average molecular weight is 253 g/mol. The van der Waals surface area contributed by atoms with Crippen molar-refractivity contribution in [2.24, 2.45) is 22.2 Å². The van der Waals surface area contributed by atoms with Crippen molar-refractivity contribution in [3.8, 4) is 0 Å². The van der Waals surface area contributed by atoms with E-state index in [9.17, 15) is 4.79 Å². The molecule has 2 aliphatic rings. The van der Waals surface area contributed by atoms with Gasteiger partial charge in [-0.15, -0.1) is 0 Å². The van der Waals surface area contributed by atoms with E-state index in [1.54, 1.807) is 0 Å². The fourth-order valence-electron chi connectivity index (χ4n) is 3.05. The van der Waals surface area contributed by atoms with E-state index in [0.717, 1.165) is 19.4 Å². The van der Waals surface area contributed by atoms with E-state index in [1.807, 2.05) is 4.90 Å². The van der Waals surface area contributed by atoms with Crippen LogP contribution < -0.4 is 5.73 Å². The van der Waals surface area contributed by atoms with Gasteiger partial charge in [0.1, 0.15) is 5.41 Å². The number of piperidine rings is 1. The molecule has 0 aromatic rings. The molecule has 2 unspecified atom stereocenters. The van der Waals surface area contributed by atoms with E-state index >= 15 is 0 Å². The van der Waals surface area contributed by atoms with Gasteiger partial charge < -0.3 is 15.8 Å². The number of hydrogen-bond acceptors (Lipinski definition) is 3. The average Bonchev–Trinajstić information content (AvgIpc) is 2.30. The fourth-order valence-corrected chi connectivity index (χ4v) is 3.05. The number of hydrogen-bond donors (Lipinski definition) is 2. The molecule has 0 bridgehead atoms. The Hall–Kier alpha value is -1.26. The minimum Gasteiger partial charge on any atom is -0.409 e. The maximum absolute atomic E-state index is 12.7. The molecular weight excluding hydrogens is 230 g/mol. The lowest BCUT2D eigenvalue weighted by atomic mass is 9.66. The Morgan fingerprint density at radius 3 is 2.56 bits per heavy atom. The molecule has 1 saturated heterocycles. The Balaban J connectivity index is 2.19. The predicted molar refractivity (Wildman–Crippen MR) is 69.3 cm³/mol. The topological polar surface area (TPSA) is 78.9 Å². The number of oxime groups is 1. The van der Waals surface area contributed by atoms with Crippen LogP contribution in [0.15, 0.2) is 5.16 Å². The highest BCUT2D eigenvalue weighted by molar-refractivity contribution is 6.07. The summed E-state index contributed by atoms with van der Waals surface area (Å²) in [7, 11) is 0. The molecule has 1 aliphatic carbocycles. The molecule has 0 aromatic carbocycles. The van der Waals surface area contributed by atoms with Crippen molar-refractivity contribution >= 4 is 11.7 Å². The van der Waals surface area contributed by atoms with E-state index < -0.39 is 5.41 Å². The van der Waals surface area contributed by atoms with Gasteiger partial charge in [-0.25, -0.2) is 0 Å². The van der Waals surface area contributed by atoms with E-state index in [0.29, 0.717) is 18.8 Å². The van der Waals surface area contributed by atoms with Crippen LogP contribution in [0.25, 0.3) is 0 Å². The normalized spacial score (nSPS) is 31.9. The Morgan fingerprint density at radius 1 is 1.39 bits per heavy atom. The standard InChI is InChI=1S/C13H23N3O2/c1-9-4-5-10(2)16(8-9)12(17)13(6-3-7-13)11(14)15-18/h9-10,18H,3-8H2,1-2H3,(H2,14,15). The summed E-state index contributed by atoms with van der Waals surface area (Å²) in [6.07, 6.45) is 4.60. The Labute approximate surface area is 108 Å². The second-order valence-electron chi connectivity index (χ2n) is 5.91. The second kappa shape index (κ2) is 4.78. The van der Waals surface area contributed by atoms with Crippen molar-refractivity contribution < 1.29 is 10.0 Å². The summed E-state index contributed by atoms with van der Waals surface area (Å²) in [6, 6.07) is 0.262. The van der Waals surface area contributed by atoms with Crippen molar-refractivity contribution in [1.29, 1.82) is 0 Å². The van der Waals surface area contributed by atoms with Crippen LogP contribution in [-0.2, 0) is 4.79 Å². The van der Waals surface area contributed by atoms with Crippen molar-refractivity contribution in [2.45, 2.75) is 52.0 Å². The second-order valence-corrected chi connectivity index (χ2v) is 5.91. The first-order valence-corrected chi connectivity index (χ1v) is 6.80. The third kappa shape index (κ3) is 1.95. The van der Waals surface area contributed by atoms with Gasteiger partial charge in [0.15, 0.2) is 5.84 Å². The first-order chi connectivity index (χ1) is 8.51. The van der Waals surface area contributed by atoms with Crippen LogP contribution in [0.1, 0.15) is 46.0 Å². The lowest BCUT2D eigenvalue weighted by molar-refractivity contribution is -0.146. The maximum atomic E-state index is 12.7. The minimum atomic E-state index is -0.722. The molecule has 1 saturated carbocycles. The highest BCUT2D eigenvalue weighted by atomic mass is 16.4. The number of rotatable bonds is 2. The van der Waals surface area contributed by atoms with Crippen molar-refractivity contribution in [3.05, 3.63) is 0 Å². The Morgan fingerprint density at radius 2 is 2.06 bits per heavy atom. The Bertz CT molecular complexity index is 363. The molecule has 18 heavy (non-hydrogen) atoms. The Kier molecular flexibility index (Phi) is 3.50. The lowest BCUT2D eigenvalue weighted by Crippen LogP contribution is -2.58. The van der Waals surface area contributed by atoms with Crippen LogP contribution in [0.2, 0.25) is 0 Å². The number of amidine groups is 1. The summed E-state index contributed by atoms with van der Waals surface area (Å²) in [6.45, 7) is 5.05. The minimum absolute atomic E-state index is 0.0584. The molecule has 102 valence electrons. The zero-order valence-corrected chi connectivity index (χ0v) is 11.2. The monoisotopic (exact) mass is 253 g/mol. The van der Waals surface area contributed by atoms with Crippen LogP contribution in [-0.4, -0.2) is 34.4 Å². The third-order valence-electron chi connectivity index (χ3n) is 4.59. The van der Waals surface area contributed by atoms with Crippen LogP contribution in [0, 0.1) is 11.3 Å². The smallest absolute Gasteiger partial charge is 0.236 e. The van der Waals surface area contributed by atoms with Gasteiger partial charge in [-0.1, -0.05) is 18.5 Å². The van der Waals surface area contributed by atoms with E-state index in [-0.39, 0.29) is 17.8 Å². The summed E-state index contributed by atoms with van der Waals surface area (Å²) in [4.78, 5) is 14.6. The van der Waals surface area contributed by atoms with Gasteiger partial charge in [-0.3, -0.25) is 4.79 Å². The van der Waals surface area contributed by atoms with Gasteiger partial charge in [0, 0.05) is 12.6 Å². The fraction of sp³-hybridized carbons (Fsp3) is 0.846. The first-order valence-electron chi connectivity index (χ1n) is 6.80. The van der Waals surface area contributed by atoms with E-state index in [1.165, 1.54) is 6.42 Å². The van der Waals surface area contributed by atoms with Gasteiger partial charge in [-0.05, 0) is 38.5 Å². The highest BCUT2D eigenvalue weighted by Crippen LogP contribution is 2.44. The summed E-state index contributed by atoms with van der Waals surface area (Å²) in [5, 5.41) is 12.0. The number of amides is 1. The SMILES string of the molecule is CC1CCC(C)N(C(=O)C2(C(N)=NO)CCC2)C1. The molecule has 3 N–H and O–H groups in total. The number of carbonyl (C=O) groups excluding carboxylic acids is 1. The molecule has 1 amide bonds. The summed E-state index contributed by atoms with van der Waals surface area (Å²) in [5.74, 6) is 0.682. The molecule has 0 radical (unpaired) electrons. The zero-order valence-electron chi connectivity index (χ0n) is 11.2. The number of nitrogens with zero attached hydrogens (tertiary/aromatic N) is 2. The van der Waals surface area contributed by atoms with Gasteiger partial charge in [0.2, 0.25) is 5.91 Å². The molecule has 1 aliphatic heterocycles. The van der Waals surface area contributed by atoms with Crippen LogP contribution >= 0.6 is 0 Å². The van der Waals surface area contributed by atoms with Crippen LogP contribution in [0.4, 0.5) is 0 Å². The molecule has 1 heterocycles. The zero-order chi connectivity index (χ0) is 13.3. The first kappa shape index (κ1) is 13.2. The summed E-state index contributed by atoms with van der Waals surface area (Å²) in [5.41, 5.74) is 5.03. The lowest BCUT2D eigenvalue weighted by Gasteiger charge is -2.46. The van der Waals surface area contributed by atoms with Gasteiger partial charge in [-0.2, -0.15) is 0 Å². The van der Waals surface area contributed by atoms with E-state index in [2.05, 4.69) is 19.0 Å². The number of nitrogens with two attached hydrogens (primary N) is 1. The molecule has 2 rings (SSSR count). The van der Waals surface area contributed by atoms with Crippen molar-refractivity contribution in [3.63, 3.8) is 0 Å². The molecule has 5 heteroatoms. The summed E-state index contributed by atoms with van der Waals surface area (Å²) < 4.78 is 0. The van der Waals surface area contributed by atoms with Crippen molar-refractivity contribution in [1.82, 2.24) is 4.90 Å². The van der Waals surface area contributed by atoms with E-state index in [4.69, 9.17) is 10.9 Å². The largest absolute Gasteiger partial charge is 0.409 e. The third-order valence-corrected chi connectivity index (χ3v) is 4.59. The molecular formula is C13H23N3O2. The van der Waals surface area contributed by atoms with Gasteiger partial charge in [0.25, 0.3) is 0 Å². The molecule has 0 spiro atoms. The van der Waals surface area contributed by atoms with Crippen LogP contribution in [0.5, 0.6) is 0 Å². The van der Waals surface area contributed by atoms with Crippen LogP contribution in [0.3, 0.4) is 0 Å². The predicted octanol–water partition coefficient (Wildman–Crippen LogP) is 1.55. The molecule has 5 nitrogen and oxygen atoms in total. The molecule has 0 aromatic heterocycles. The number of carbonyl (C=O) groups is 1. The number of likely N-dealkylation sites (tertiary alicyclic amines) is 1. The summed E-state index contributed by atoms with van der Waals surface area (Å²) >= 11 is 0. The van der Waals surface area contributed by atoms with Gasteiger partial charge in [0.05, 0.1) is 0 Å². The highest BCUT2D eigenvalue weighted by Gasteiger charge is 2.51. The quantitative estimate of drug-likeness (QED) is 0.339. The molecule has 2 fully saturated rings.